The fourth-order valence-corrected chi connectivity index (χ4v) is 3.11. The zero-order valence-corrected chi connectivity index (χ0v) is 12.4. The molecule has 0 bridgehead atoms. The van der Waals surface area contributed by atoms with E-state index in [1.165, 1.54) is 11.1 Å². The van der Waals surface area contributed by atoms with Gasteiger partial charge in [-0.2, -0.15) is 5.10 Å². The highest BCUT2D eigenvalue weighted by atomic mass is 16.2. The van der Waals surface area contributed by atoms with Gasteiger partial charge >= 0.3 is 0 Å². The van der Waals surface area contributed by atoms with Gasteiger partial charge in [-0.15, -0.1) is 0 Å². The molecule has 2 heterocycles. The molecule has 0 radical (unpaired) electrons. The molecule has 1 aliphatic heterocycles. The summed E-state index contributed by atoms with van der Waals surface area (Å²) in [7, 11) is 1.80. The Morgan fingerprint density at radius 2 is 2.19 bits per heavy atom. The molecule has 5 heteroatoms. The fraction of sp³-hybridized carbons (Fsp3) is 0.375. The van der Waals surface area contributed by atoms with Gasteiger partial charge in [0, 0.05) is 20.1 Å². The van der Waals surface area contributed by atoms with Crippen LogP contribution < -0.4 is 5.73 Å². The number of fused-ring (bicyclic) bond motifs is 1. The molecule has 1 atom stereocenters. The number of hydrogen-bond acceptors (Lipinski definition) is 3. The summed E-state index contributed by atoms with van der Waals surface area (Å²) < 4.78 is 1.64. The number of carbonyl (C=O) groups excluding carboxylic acids is 1. The number of aryl methyl sites for hydroxylation is 2. The third kappa shape index (κ3) is 2.34. The minimum atomic E-state index is -0.0577. The lowest BCUT2D eigenvalue weighted by molar-refractivity contribution is 0.0656. The minimum Gasteiger partial charge on any atom is -0.329 e. The van der Waals surface area contributed by atoms with Gasteiger partial charge in [-0.05, 0) is 30.5 Å². The number of hydrogen-bond donors (Lipinski definition) is 1. The molecule has 1 aliphatic rings. The van der Waals surface area contributed by atoms with Gasteiger partial charge in [-0.25, -0.2) is 0 Å². The lowest BCUT2D eigenvalue weighted by atomic mass is 9.92. The van der Waals surface area contributed by atoms with Crippen LogP contribution in [0.1, 0.15) is 33.4 Å². The normalized spacial score (nSPS) is 17.7. The number of benzene rings is 1. The minimum absolute atomic E-state index is 0.00283. The Kier molecular flexibility index (Phi) is 3.51. The van der Waals surface area contributed by atoms with E-state index in [1.807, 2.05) is 30.0 Å². The van der Waals surface area contributed by atoms with Crippen molar-refractivity contribution in [3.63, 3.8) is 0 Å². The number of carbonyl (C=O) groups is 1. The van der Waals surface area contributed by atoms with Crippen molar-refractivity contribution in [1.29, 1.82) is 0 Å². The van der Waals surface area contributed by atoms with Crippen LogP contribution in [0.25, 0.3) is 0 Å². The van der Waals surface area contributed by atoms with Crippen molar-refractivity contribution in [1.82, 2.24) is 14.7 Å². The Bertz CT molecular complexity index is 677. The van der Waals surface area contributed by atoms with E-state index >= 15 is 0 Å². The molecule has 0 aliphatic carbocycles. The molecule has 110 valence electrons. The van der Waals surface area contributed by atoms with Crippen molar-refractivity contribution in [3.05, 3.63) is 52.8 Å². The summed E-state index contributed by atoms with van der Waals surface area (Å²) in [5.74, 6) is 0.00283. The molecule has 1 aromatic carbocycles. The summed E-state index contributed by atoms with van der Waals surface area (Å²) in [6.45, 7) is 3.02. The van der Waals surface area contributed by atoms with E-state index in [2.05, 4.69) is 17.2 Å². The Morgan fingerprint density at radius 3 is 2.86 bits per heavy atom. The van der Waals surface area contributed by atoms with Gasteiger partial charge in [-0.3, -0.25) is 9.48 Å². The van der Waals surface area contributed by atoms with Gasteiger partial charge < -0.3 is 10.6 Å². The second-order valence-electron chi connectivity index (χ2n) is 5.49. The summed E-state index contributed by atoms with van der Waals surface area (Å²) in [6, 6.07) is 10.0. The molecule has 1 amide bonds. The van der Waals surface area contributed by atoms with Crippen LogP contribution in [-0.2, 0) is 13.5 Å². The van der Waals surface area contributed by atoms with Crippen LogP contribution in [0.4, 0.5) is 0 Å². The highest BCUT2D eigenvalue weighted by molar-refractivity contribution is 5.93. The van der Waals surface area contributed by atoms with Crippen molar-refractivity contribution >= 4 is 5.91 Å². The summed E-state index contributed by atoms with van der Waals surface area (Å²) in [5, 5.41) is 4.26. The zero-order valence-electron chi connectivity index (χ0n) is 12.4. The zero-order chi connectivity index (χ0) is 15.0. The lowest BCUT2D eigenvalue weighted by Gasteiger charge is -2.36. The molecular weight excluding hydrogens is 264 g/mol. The fourth-order valence-electron chi connectivity index (χ4n) is 3.11. The first-order valence-corrected chi connectivity index (χ1v) is 7.21. The maximum absolute atomic E-state index is 12.8. The quantitative estimate of drug-likeness (QED) is 0.907. The van der Waals surface area contributed by atoms with Crippen LogP contribution in [0.2, 0.25) is 0 Å². The largest absolute Gasteiger partial charge is 0.329 e. The van der Waals surface area contributed by atoms with E-state index in [4.69, 9.17) is 5.73 Å². The summed E-state index contributed by atoms with van der Waals surface area (Å²) in [4.78, 5) is 14.7. The molecule has 1 unspecified atom stereocenters. The van der Waals surface area contributed by atoms with Crippen LogP contribution in [0, 0.1) is 6.92 Å². The third-order valence-electron chi connectivity index (χ3n) is 4.12. The topological polar surface area (TPSA) is 64.2 Å². The first-order chi connectivity index (χ1) is 10.1. The summed E-state index contributed by atoms with van der Waals surface area (Å²) in [5.41, 5.74) is 9.87. The SMILES string of the molecule is Cc1cc(C(=O)N2CCc3ccccc3C2CN)n(C)n1. The van der Waals surface area contributed by atoms with Gasteiger partial charge in [0.05, 0.1) is 11.7 Å². The molecule has 2 N–H and O–H groups in total. The molecule has 0 saturated heterocycles. The molecule has 21 heavy (non-hydrogen) atoms. The smallest absolute Gasteiger partial charge is 0.272 e. The highest BCUT2D eigenvalue weighted by Gasteiger charge is 2.31. The van der Waals surface area contributed by atoms with Crippen LogP contribution in [0.5, 0.6) is 0 Å². The first kappa shape index (κ1) is 13.8. The molecule has 5 nitrogen and oxygen atoms in total. The summed E-state index contributed by atoms with van der Waals surface area (Å²) >= 11 is 0. The standard InChI is InChI=1S/C16H20N4O/c1-11-9-14(19(2)18-11)16(21)20-8-7-12-5-3-4-6-13(12)15(20)10-17/h3-6,9,15H,7-8,10,17H2,1-2H3. The second kappa shape index (κ2) is 5.33. The number of nitrogens with two attached hydrogens (primary N) is 1. The van der Waals surface area contributed by atoms with E-state index in [9.17, 15) is 4.79 Å². The number of amides is 1. The number of aromatic nitrogens is 2. The molecular formula is C16H20N4O. The number of rotatable bonds is 2. The van der Waals surface area contributed by atoms with Crippen molar-refractivity contribution in [3.8, 4) is 0 Å². The lowest BCUT2D eigenvalue weighted by Crippen LogP contribution is -2.43. The molecule has 2 aromatic rings. The van der Waals surface area contributed by atoms with Gasteiger partial charge in [0.15, 0.2) is 0 Å². The maximum atomic E-state index is 12.8. The van der Waals surface area contributed by atoms with Crippen LogP contribution in [-0.4, -0.2) is 33.7 Å². The monoisotopic (exact) mass is 284 g/mol. The van der Waals surface area contributed by atoms with E-state index in [0.29, 0.717) is 18.8 Å². The number of nitrogens with zero attached hydrogens (tertiary/aromatic N) is 3. The Balaban J connectivity index is 1.96. The van der Waals surface area contributed by atoms with Gasteiger partial charge in [0.2, 0.25) is 0 Å². The highest BCUT2D eigenvalue weighted by Crippen LogP contribution is 2.30. The van der Waals surface area contributed by atoms with Crippen LogP contribution in [0.3, 0.4) is 0 Å². The molecule has 0 spiro atoms. The van der Waals surface area contributed by atoms with Crippen molar-refractivity contribution in [2.24, 2.45) is 12.8 Å². The van der Waals surface area contributed by atoms with Gasteiger partial charge in [-0.1, -0.05) is 24.3 Å². The van der Waals surface area contributed by atoms with Crippen LogP contribution in [0.15, 0.2) is 30.3 Å². The Morgan fingerprint density at radius 1 is 1.43 bits per heavy atom. The Hall–Kier alpha value is -2.14. The van der Waals surface area contributed by atoms with Crippen molar-refractivity contribution in [2.45, 2.75) is 19.4 Å². The molecule has 0 saturated carbocycles. The average molecular weight is 284 g/mol. The van der Waals surface area contributed by atoms with Gasteiger partial charge in [0.25, 0.3) is 5.91 Å². The second-order valence-corrected chi connectivity index (χ2v) is 5.49. The summed E-state index contributed by atoms with van der Waals surface area (Å²) in [6.07, 6.45) is 0.870. The molecule has 1 aromatic heterocycles. The van der Waals surface area contributed by atoms with E-state index in [-0.39, 0.29) is 11.9 Å². The van der Waals surface area contributed by atoms with E-state index < -0.39 is 0 Å². The Labute approximate surface area is 124 Å². The average Bonchev–Trinajstić information content (AvgIpc) is 2.84. The van der Waals surface area contributed by atoms with E-state index in [1.54, 1.807) is 11.7 Å². The van der Waals surface area contributed by atoms with Crippen LogP contribution >= 0.6 is 0 Å². The third-order valence-corrected chi connectivity index (χ3v) is 4.12. The predicted octanol–water partition coefficient (Wildman–Crippen LogP) is 1.43. The van der Waals surface area contributed by atoms with Crippen molar-refractivity contribution < 1.29 is 4.79 Å². The first-order valence-electron chi connectivity index (χ1n) is 7.21. The molecule has 0 fully saturated rings. The van der Waals surface area contributed by atoms with Gasteiger partial charge in [0.1, 0.15) is 5.69 Å². The molecule has 3 rings (SSSR count). The van der Waals surface area contributed by atoms with Crippen molar-refractivity contribution in [2.75, 3.05) is 13.1 Å². The maximum Gasteiger partial charge on any atom is 0.272 e. The predicted molar refractivity (Wildman–Crippen MR) is 80.9 cm³/mol. The van der Waals surface area contributed by atoms with E-state index in [0.717, 1.165) is 12.1 Å².